The van der Waals surface area contributed by atoms with Gasteiger partial charge in [-0.15, -0.1) is 0 Å². The molecule has 0 atom stereocenters. The average Bonchev–Trinajstić information content (AvgIpc) is 3.09. The predicted octanol–water partition coefficient (Wildman–Crippen LogP) is 2.73. The number of aromatic amines is 1. The van der Waals surface area contributed by atoms with E-state index in [1.165, 1.54) is 11.8 Å². The zero-order valence-electron chi connectivity index (χ0n) is 16.1. The molecular weight excluding hydrogens is 376 g/mol. The molecule has 1 heterocycles. The first-order valence-corrected chi connectivity index (χ1v) is 9.82. The van der Waals surface area contributed by atoms with Gasteiger partial charge in [-0.1, -0.05) is 12.1 Å². The summed E-state index contributed by atoms with van der Waals surface area (Å²) in [4.78, 5) is 15.5. The molecule has 28 heavy (non-hydrogen) atoms. The molecule has 0 saturated heterocycles. The fourth-order valence-corrected chi connectivity index (χ4v) is 3.70. The maximum atomic E-state index is 12.2. The number of aryl methyl sites for hydroxylation is 1. The Morgan fingerprint density at radius 2 is 2.07 bits per heavy atom. The van der Waals surface area contributed by atoms with Crippen LogP contribution in [0.4, 0.5) is 0 Å². The van der Waals surface area contributed by atoms with Crippen molar-refractivity contribution in [2.24, 2.45) is 5.10 Å². The van der Waals surface area contributed by atoms with Crippen LogP contribution < -0.4 is 19.5 Å². The topological polar surface area (TPSA) is 79.6 Å². The lowest BCUT2D eigenvalue weighted by Crippen LogP contribution is -2.34. The Labute approximate surface area is 167 Å². The van der Waals surface area contributed by atoms with Crippen LogP contribution in [0.1, 0.15) is 12.5 Å². The zero-order chi connectivity index (χ0) is 19.9. The lowest BCUT2D eigenvalue weighted by Gasteiger charge is -2.06. The first-order chi connectivity index (χ1) is 13.7. The number of nitrogens with zero attached hydrogens (tertiary/aromatic N) is 2. The number of methoxy groups -OCH3 is 2. The number of hydrazone groups is 1. The molecule has 2 aromatic carbocycles. The van der Waals surface area contributed by atoms with Gasteiger partial charge in [0.1, 0.15) is 11.5 Å². The molecule has 0 saturated carbocycles. The van der Waals surface area contributed by atoms with Gasteiger partial charge in [-0.2, -0.15) is 5.10 Å². The van der Waals surface area contributed by atoms with E-state index in [2.05, 4.69) is 33.1 Å². The summed E-state index contributed by atoms with van der Waals surface area (Å²) in [6.07, 6.45) is 1.55. The summed E-state index contributed by atoms with van der Waals surface area (Å²) in [6, 6.07) is 13.5. The normalized spacial score (nSPS) is 11.1. The van der Waals surface area contributed by atoms with Crippen LogP contribution in [0, 0.1) is 0 Å². The van der Waals surface area contributed by atoms with Crippen LogP contribution in [0.2, 0.25) is 0 Å². The van der Waals surface area contributed by atoms with Crippen molar-refractivity contribution in [2.45, 2.75) is 18.6 Å². The Hall–Kier alpha value is -3.00. The summed E-state index contributed by atoms with van der Waals surface area (Å²) >= 11 is 1.44. The Balaban J connectivity index is 1.60. The summed E-state index contributed by atoms with van der Waals surface area (Å²) in [5, 5.41) is 4.97. The van der Waals surface area contributed by atoms with Gasteiger partial charge >= 0.3 is 5.16 Å². The number of carbonyl (C=O) groups is 1. The van der Waals surface area contributed by atoms with Crippen LogP contribution >= 0.6 is 11.8 Å². The number of imidazole rings is 1. The highest BCUT2D eigenvalue weighted by Gasteiger charge is 2.18. The Bertz CT molecular complexity index is 1000. The van der Waals surface area contributed by atoms with Crippen LogP contribution in [0.5, 0.6) is 11.5 Å². The molecule has 0 spiro atoms. The largest absolute Gasteiger partial charge is 0.497 e. The smallest absolute Gasteiger partial charge is 0.317 e. The van der Waals surface area contributed by atoms with Gasteiger partial charge in [-0.25, -0.2) is 15.0 Å². The number of para-hydroxylation sites is 2. The number of H-pyrrole nitrogens is 1. The number of aromatic nitrogens is 2. The molecule has 0 unspecified atom stereocenters. The number of hydrogen-bond acceptors (Lipinski definition) is 5. The number of nitrogens with one attached hydrogen (secondary N) is 2. The van der Waals surface area contributed by atoms with Gasteiger partial charge in [0.25, 0.3) is 5.91 Å². The molecule has 0 aliphatic carbocycles. The Morgan fingerprint density at radius 1 is 1.25 bits per heavy atom. The molecule has 0 radical (unpaired) electrons. The van der Waals surface area contributed by atoms with Gasteiger partial charge < -0.3 is 9.47 Å². The predicted molar refractivity (Wildman–Crippen MR) is 110 cm³/mol. The van der Waals surface area contributed by atoms with Crippen molar-refractivity contribution in [3.05, 3.63) is 48.0 Å². The quantitative estimate of drug-likeness (QED) is 0.264. The van der Waals surface area contributed by atoms with E-state index in [-0.39, 0.29) is 11.7 Å². The van der Waals surface area contributed by atoms with Crippen molar-refractivity contribution in [2.75, 3.05) is 20.0 Å². The summed E-state index contributed by atoms with van der Waals surface area (Å²) in [5.41, 5.74) is 5.47. The van der Waals surface area contributed by atoms with Crippen molar-refractivity contribution >= 4 is 34.9 Å². The third-order valence-corrected chi connectivity index (χ3v) is 5.17. The van der Waals surface area contributed by atoms with Crippen molar-refractivity contribution in [3.63, 3.8) is 0 Å². The van der Waals surface area contributed by atoms with Gasteiger partial charge in [0.2, 0.25) is 0 Å². The summed E-state index contributed by atoms with van der Waals surface area (Å²) in [5.74, 6) is 1.38. The number of rotatable bonds is 8. The third kappa shape index (κ3) is 4.45. The first-order valence-electron chi connectivity index (χ1n) is 8.83. The van der Waals surface area contributed by atoms with Gasteiger partial charge in [0.05, 0.1) is 32.7 Å². The molecule has 8 heteroatoms. The van der Waals surface area contributed by atoms with Crippen LogP contribution in [0.15, 0.2) is 52.7 Å². The number of fused-ring (bicyclic) bond motifs is 1. The summed E-state index contributed by atoms with van der Waals surface area (Å²) in [7, 11) is 3.17. The number of ether oxygens (including phenoxy) is 2. The molecule has 1 amide bonds. The van der Waals surface area contributed by atoms with Crippen molar-refractivity contribution in [1.29, 1.82) is 0 Å². The van der Waals surface area contributed by atoms with E-state index >= 15 is 0 Å². The molecule has 0 bridgehead atoms. The van der Waals surface area contributed by atoms with Gasteiger partial charge in [0.15, 0.2) is 11.0 Å². The van der Waals surface area contributed by atoms with Crippen molar-refractivity contribution in [1.82, 2.24) is 10.4 Å². The highest BCUT2D eigenvalue weighted by molar-refractivity contribution is 7.99. The van der Waals surface area contributed by atoms with E-state index in [0.29, 0.717) is 11.5 Å². The molecule has 0 aliphatic heterocycles. The molecule has 3 rings (SSSR count). The molecule has 146 valence electrons. The molecule has 7 nitrogen and oxygen atoms in total. The summed E-state index contributed by atoms with van der Waals surface area (Å²) < 4.78 is 12.6. The number of benzene rings is 2. The van der Waals surface area contributed by atoms with Crippen LogP contribution in [0.3, 0.4) is 0 Å². The van der Waals surface area contributed by atoms with Crippen LogP contribution in [-0.2, 0) is 11.3 Å². The fourth-order valence-electron chi connectivity index (χ4n) is 2.80. The van der Waals surface area contributed by atoms with Crippen molar-refractivity contribution in [3.8, 4) is 11.5 Å². The van der Waals surface area contributed by atoms with E-state index in [1.54, 1.807) is 32.6 Å². The Kier molecular flexibility index (Phi) is 6.54. The van der Waals surface area contributed by atoms with E-state index in [1.807, 2.05) is 24.3 Å². The molecule has 0 aliphatic rings. The molecular formula is C20H23N4O3S+. The molecule has 3 aromatic rings. The highest BCUT2D eigenvalue weighted by Crippen LogP contribution is 2.23. The van der Waals surface area contributed by atoms with Crippen LogP contribution in [-0.4, -0.2) is 37.1 Å². The van der Waals surface area contributed by atoms with E-state index in [4.69, 9.17) is 9.47 Å². The minimum atomic E-state index is -0.185. The third-order valence-electron chi connectivity index (χ3n) is 4.17. The van der Waals surface area contributed by atoms with E-state index < -0.39 is 0 Å². The fraction of sp³-hybridized carbons (Fsp3) is 0.250. The van der Waals surface area contributed by atoms with E-state index in [9.17, 15) is 4.79 Å². The Morgan fingerprint density at radius 3 is 2.82 bits per heavy atom. The minimum absolute atomic E-state index is 0.185. The molecule has 0 fully saturated rings. The molecule has 1 aromatic heterocycles. The van der Waals surface area contributed by atoms with E-state index in [0.717, 1.165) is 28.3 Å². The second-order valence-electron chi connectivity index (χ2n) is 5.88. The van der Waals surface area contributed by atoms with Crippen LogP contribution in [0.25, 0.3) is 11.0 Å². The number of carbonyl (C=O) groups excluding carboxylic acids is 1. The van der Waals surface area contributed by atoms with Gasteiger partial charge in [-0.3, -0.25) is 4.79 Å². The lowest BCUT2D eigenvalue weighted by atomic mass is 10.2. The first kappa shape index (κ1) is 19.8. The highest BCUT2D eigenvalue weighted by atomic mass is 32.2. The maximum Gasteiger partial charge on any atom is 0.317 e. The van der Waals surface area contributed by atoms with Crippen molar-refractivity contribution < 1.29 is 18.8 Å². The van der Waals surface area contributed by atoms with Gasteiger partial charge in [-0.05, 0) is 43.0 Å². The lowest BCUT2D eigenvalue weighted by molar-refractivity contribution is -0.705. The minimum Gasteiger partial charge on any atom is -0.497 e. The zero-order valence-corrected chi connectivity index (χ0v) is 16.9. The summed E-state index contributed by atoms with van der Waals surface area (Å²) in [6.45, 7) is 2.90. The SMILES string of the molecule is CC[n+]1c(SCC(=O)NN=Cc2ccc(OC)cc2OC)[nH]c2ccccc21. The number of amides is 1. The standard InChI is InChI=1S/C20H22N4O3S/c1-4-24-17-8-6-5-7-16(17)22-20(24)28-13-19(25)23-21-12-14-9-10-15(26-2)11-18(14)27-3/h5-12H,4,13H2,1-3H3,(H,23,25)/p+1. The number of hydrogen-bond donors (Lipinski definition) is 2. The number of thioether (sulfide) groups is 1. The average molecular weight is 399 g/mol. The molecule has 2 N–H and O–H groups in total. The second-order valence-corrected chi connectivity index (χ2v) is 6.85. The monoisotopic (exact) mass is 399 g/mol. The maximum absolute atomic E-state index is 12.2. The second kappa shape index (κ2) is 9.27. The van der Waals surface area contributed by atoms with Gasteiger partial charge in [0, 0.05) is 11.6 Å².